The van der Waals surface area contributed by atoms with E-state index >= 15 is 0 Å². The van der Waals surface area contributed by atoms with Gasteiger partial charge in [0.05, 0.1) is 12.1 Å². The van der Waals surface area contributed by atoms with Gasteiger partial charge in [-0.05, 0) is 32.8 Å². The fourth-order valence-corrected chi connectivity index (χ4v) is 1.52. The van der Waals surface area contributed by atoms with Crippen LogP contribution in [0.15, 0.2) is 12.2 Å². The molecule has 74 valence electrons. The van der Waals surface area contributed by atoms with Crippen molar-refractivity contribution in [3.63, 3.8) is 0 Å². The molecule has 1 rings (SSSR count). The molecule has 1 aliphatic rings. The molecule has 0 saturated carbocycles. The first-order chi connectivity index (χ1) is 6.16. The van der Waals surface area contributed by atoms with Gasteiger partial charge in [0.1, 0.15) is 0 Å². The quantitative estimate of drug-likeness (QED) is 0.654. The van der Waals surface area contributed by atoms with Gasteiger partial charge in [-0.25, -0.2) is 0 Å². The minimum Gasteiger partial charge on any atom is -0.379 e. The van der Waals surface area contributed by atoms with Crippen molar-refractivity contribution in [2.75, 3.05) is 13.2 Å². The van der Waals surface area contributed by atoms with Gasteiger partial charge in [0.2, 0.25) is 5.91 Å². The van der Waals surface area contributed by atoms with Gasteiger partial charge in [-0.15, -0.1) is 0 Å². The molecule has 0 aromatic heterocycles. The number of amides is 1. The Kier molecular flexibility index (Phi) is 3.48. The van der Waals surface area contributed by atoms with Crippen LogP contribution in [0.4, 0.5) is 0 Å². The van der Waals surface area contributed by atoms with E-state index in [2.05, 4.69) is 5.32 Å². The highest BCUT2D eigenvalue weighted by atomic mass is 16.5. The lowest BCUT2D eigenvalue weighted by molar-refractivity contribution is -0.119. The zero-order chi connectivity index (χ0) is 9.73. The number of hydrogen-bond acceptors (Lipinski definition) is 2. The second-order valence-electron chi connectivity index (χ2n) is 3.71. The summed E-state index contributed by atoms with van der Waals surface area (Å²) >= 11 is 0. The molecule has 1 amide bonds. The highest BCUT2D eigenvalue weighted by molar-refractivity contribution is 5.87. The minimum atomic E-state index is -0.172. The van der Waals surface area contributed by atoms with Crippen molar-refractivity contribution in [3.05, 3.63) is 12.2 Å². The maximum Gasteiger partial charge on any atom is 0.244 e. The molecular weight excluding hydrogens is 166 g/mol. The monoisotopic (exact) mass is 183 g/mol. The number of rotatable bonds is 2. The summed E-state index contributed by atoms with van der Waals surface area (Å²) in [6, 6.07) is 0. The van der Waals surface area contributed by atoms with Crippen molar-refractivity contribution < 1.29 is 9.53 Å². The summed E-state index contributed by atoms with van der Waals surface area (Å²) in [7, 11) is 0. The van der Waals surface area contributed by atoms with Crippen LogP contribution in [0.1, 0.15) is 26.7 Å². The Hall–Kier alpha value is -0.830. The van der Waals surface area contributed by atoms with Gasteiger partial charge in [0, 0.05) is 6.61 Å². The molecule has 13 heavy (non-hydrogen) atoms. The maximum atomic E-state index is 11.3. The second kappa shape index (κ2) is 4.42. The van der Waals surface area contributed by atoms with E-state index in [0.29, 0.717) is 6.61 Å². The Morgan fingerprint density at radius 2 is 2.38 bits per heavy atom. The van der Waals surface area contributed by atoms with Crippen molar-refractivity contribution in [1.29, 1.82) is 0 Å². The molecule has 0 spiro atoms. The highest BCUT2D eigenvalue weighted by Gasteiger charge is 2.28. The molecule has 0 aromatic rings. The molecule has 3 nitrogen and oxygen atoms in total. The third-order valence-electron chi connectivity index (χ3n) is 2.18. The Morgan fingerprint density at radius 3 is 2.92 bits per heavy atom. The normalized spacial score (nSPS) is 29.1. The minimum absolute atomic E-state index is 0.0319. The van der Waals surface area contributed by atoms with E-state index in [1.807, 2.05) is 13.8 Å². The van der Waals surface area contributed by atoms with Gasteiger partial charge in [0.15, 0.2) is 0 Å². The number of ether oxygens (including phenoxy) is 1. The fourth-order valence-electron chi connectivity index (χ4n) is 1.52. The summed E-state index contributed by atoms with van der Waals surface area (Å²) in [5.41, 5.74) is -0.172. The molecule has 0 aromatic carbocycles. The summed E-state index contributed by atoms with van der Waals surface area (Å²) in [6.45, 7) is 5.29. The van der Waals surface area contributed by atoms with E-state index in [0.717, 1.165) is 19.4 Å². The van der Waals surface area contributed by atoms with E-state index in [9.17, 15) is 4.79 Å². The van der Waals surface area contributed by atoms with E-state index in [1.165, 1.54) is 0 Å². The standard InChI is InChI=1S/C10H17NO2/c1-3-5-9(12)11-10(2)6-4-7-13-8-10/h3,5H,4,6-8H2,1-2H3,(H,11,12)/b5-3+. The van der Waals surface area contributed by atoms with E-state index in [4.69, 9.17) is 4.74 Å². The molecule has 1 N–H and O–H groups in total. The number of carbonyl (C=O) groups excluding carboxylic acids is 1. The van der Waals surface area contributed by atoms with Crippen LogP contribution in [0.5, 0.6) is 0 Å². The largest absolute Gasteiger partial charge is 0.379 e. The van der Waals surface area contributed by atoms with Crippen molar-refractivity contribution >= 4 is 5.91 Å². The Bertz CT molecular complexity index is 205. The molecule has 1 aliphatic heterocycles. The molecule has 1 fully saturated rings. The van der Waals surface area contributed by atoms with Crippen molar-refractivity contribution in [2.45, 2.75) is 32.2 Å². The van der Waals surface area contributed by atoms with Crippen LogP contribution < -0.4 is 5.32 Å². The van der Waals surface area contributed by atoms with Gasteiger partial charge < -0.3 is 10.1 Å². The SMILES string of the molecule is C/C=C/C(=O)NC1(C)CCCOC1. The van der Waals surface area contributed by atoms with Gasteiger partial charge in [0.25, 0.3) is 0 Å². The number of allylic oxidation sites excluding steroid dienone is 1. The summed E-state index contributed by atoms with van der Waals surface area (Å²) < 4.78 is 5.33. The average Bonchev–Trinajstić information content (AvgIpc) is 2.04. The second-order valence-corrected chi connectivity index (χ2v) is 3.71. The Labute approximate surface area is 79.2 Å². The summed E-state index contributed by atoms with van der Waals surface area (Å²) in [6.07, 6.45) is 5.30. The third-order valence-corrected chi connectivity index (χ3v) is 2.18. The van der Waals surface area contributed by atoms with E-state index < -0.39 is 0 Å². The van der Waals surface area contributed by atoms with Crippen molar-refractivity contribution in [3.8, 4) is 0 Å². The molecule has 0 bridgehead atoms. The Balaban J connectivity index is 2.45. The average molecular weight is 183 g/mol. The molecular formula is C10H17NO2. The van der Waals surface area contributed by atoms with Crippen LogP contribution in [0, 0.1) is 0 Å². The number of carbonyl (C=O) groups is 1. The van der Waals surface area contributed by atoms with Gasteiger partial charge >= 0.3 is 0 Å². The molecule has 1 heterocycles. The predicted molar refractivity (Wildman–Crippen MR) is 51.4 cm³/mol. The van der Waals surface area contributed by atoms with Crippen LogP contribution in [0.2, 0.25) is 0 Å². The van der Waals surface area contributed by atoms with E-state index in [1.54, 1.807) is 12.2 Å². The lowest BCUT2D eigenvalue weighted by Gasteiger charge is -2.33. The molecule has 3 heteroatoms. The van der Waals surface area contributed by atoms with Crippen LogP contribution in [0.25, 0.3) is 0 Å². The first-order valence-electron chi connectivity index (χ1n) is 4.69. The Morgan fingerprint density at radius 1 is 1.62 bits per heavy atom. The van der Waals surface area contributed by atoms with Gasteiger partial charge in [-0.3, -0.25) is 4.79 Å². The number of nitrogens with one attached hydrogen (secondary N) is 1. The topological polar surface area (TPSA) is 38.3 Å². The maximum absolute atomic E-state index is 11.3. The summed E-state index contributed by atoms with van der Waals surface area (Å²) in [5.74, 6) is -0.0319. The van der Waals surface area contributed by atoms with E-state index in [-0.39, 0.29) is 11.4 Å². The lowest BCUT2D eigenvalue weighted by Crippen LogP contribution is -2.51. The summed E-state index contributed by atoms with van der Waals surface area (Å²) in [5, 5.41) is 2.95. The number of hydrogen-bond donors (Lipinski definition) is 1. The predicted octanol–water partition coefficient (Wildman–Crippen LogP) is 1.25. The smallest absolute Gasteiger partial charge is 0.244 e. The third kappa shape index (κ3) is 3.19. The first kappa shape index (κ1) is 10.3. The molecule has 1 atom stereocenters. The van der Waals surface area contributed by atoms with Gasteiger partial charge in [-0.2, -0.15) is 0 Å². The van der Waals surface area contributed by atoms with Crippen LogP contribution >= 0.6 is 0 Å². The highest BCUT2D eigenvalue weighted by Crippen LogP contribution is 2.17. The summed E-state index contributed by atoms with van der Waals surface area (Å²) in [4.78, 5) is 11.3. The zero-order valence-electron chi connectivity index (χ0n) is 8.30. The lowest BCUT2D eigenvalue weighted by atomic mass is 9.95. The van der Waals surface area contributed by atoms with Crippen LogP contribution in [-0.4, -0.2) is 24.7 Å². The van der Waals surface area contributed by atoms with Gasteiger partial charge in [-0.1, -0.05) is 6.08 Å². The first-order valence-corrected chi connectivity index (χ1v) is 4.69. The van der Waals surface area contributed by atoms with Crippen molar-refractivity contribution in [2.24, 2.45) is 0 Å². The van der Waals surface area contributed by atoms with Crippen LogP contribution in [-0.2, 0) is 9.53 Å². The fraction of sp³-hybridized carbons (Fsp3) is 0.700. The molecule has 0 aliphatic carbocycles. The molecule has 1 unspecified atom stereocenters. The zero-order valence-corrected chi connectivity index (χ0v) is 8.30. The molecule has 0 radical (unpaired) electrons. The molecule has 1 saturated heterocycles. The van der Waals surface area contributed by atoms with Crippen LogP contribution in [0.3, 0.4) is 0 Å². The van der Waals surface area contributed by atoms with Crippen molar-refractivity contribution in [1.82, 2.24) is 5.32 Å².